The summed E-state index contributed by atoms with van der Waals surface area (Å²) < 4.78 is 13.1. The van der Waals surface area contributed by atoms with E-state index in [0.717, 1.165) is 12.1 Å². The third-order valence-corrected chi connectivity index (χ3v) is 3.62. The molecule has 2 nitrogen and oxygen atoms in total. The summed E-state index contributed by atoms with van der Waals surface area (Å²) in [4.78, 5) is 0. The average Bonchev–Trinajstić information content (AvgIpc) is 2.27. The number of hydrogen-bond donors (Lipinski definition) is 1. The van der Waals surface area contributed by atoms with Crippen LogP contribution in [0.1, 0.15) is 37.3 Å². The summed E-state index contributed by atoms with van der Waals surface area (Å²) in [6, 6.07) is 6.40. The van der Waals surface area contributed by atoms with Crippen LogP contribution in [0.5, 0.6) is 0 Å². The maximum atomic E-state index is 13.1. The highest BCUT2D eigenvalue weighted by molar-refractivity contribution is 5.37. The lowest BCUT2D eigenvalue weighted by atomic mass is 9.70. The highest BCUT2D eigenvalue weighted by Gasteiger charge is 2.30. The molecule has 1 aromatic carbocycles. The van der Waals surface area contributed by atoms with Gasteiger partial charge in [-0.15, -0.1) is 0 Å². The standard InChI is InChI=1S/C14H17FN2/c1-14(5-2-6-14)10-17-9-12-7-13(15)4-3-11(12)8-16/h3-4,7,17H,2,5-6,9-10H2,1H3. The third kappa shape index (κ3) is 2.83. The molecule has 1 saturated carbocycles. The second kappa shape index (κ2) is 4.85. The Labute approximate surface area is 101 Å². The van der Waals surface area contributed by atoms with Crippen LogP contribution in [-0.2, 0) is 6.54 Å². The van der Waals surface area contributed by atoms with E-state index in [0.29, 0.717) is 17.5 Å². The van der Waals surface area contributed by atoms with Gasteiger partial charge in [-0.25, -0.2) is 4.39 Å². The Morgan fingerprint density at radius 1 is 1.47 bits per heavy atom. The summed E-state index contributed by atoms with van der Waals surface area (Å²) in [6.45, 7) is 3.77. The van der Waals surface area contributed by atoms with Crippen molar-refractivity contribution in [3.63, 3.8) is 0 Å². The van der Waals surface area contributed by atoms with Crippen LogP contribution in [0.4, 0.5) is 4.39 Å². The Kier molecular flexibility index (Phi) is 3.44. The van der Waals surface area contributed by atoms with Crippen LogP contribution in [0, 0.1) is 22.6 Å². The number of halogens is 1. The van der Waals surface area contributed by atoms with Gasteiger partial charge in [0.2, 0.25) is 0 Å². The fourth-order valence-electron chi connectivity index (χ4n) is 2.27. The molecular weight excluding hydrogens is 215 g/mol. The first kappa shape index (κ1) is 12.1. The zero-order valence-corrected chi connectivity index (χ0v) is 10.1. The van der Waals surface area contributed by atoms with Crippen molar-refractivity contribution in [1.82, 2.24) is 5.32 Å². The van der Waals surface area contributed by atoms with Crippen molar-refractivity contribution in [2.45, 2.75) is 32.7 Å². The van der Waals surface area contributed by atoms with Gasteiger partial charge in [0, 0.05) is 13.1 Å². The van der Waals surface area contributed by atoms with E-state index in [2.05, 4.69) is 18.3 Å². The van der Waals surface area contributed by atoms with Crippen molar-refractivity contribution in [2.75, 3.05) is 6.54 Å². The molecular formula is C14H17FN2. The number of nitriles is 1. The van der Waals surface area contributed by atoms with Gasteiger partial charge in [-0.3, -0.25) is 0 Å². The zero-order chi connectivity index (χ0) is 12.3. The predicted molar refractivity (Wildman–Crippen MR) is 64.8 cm³/mol. The first-order chi connectivity index (χ1) is 8.13. The molecule has 0 unspecified atom stereocenters. The summed E-state index contributed by atoms with van der Waals surface area (Å²) >= 11 is 0. The fraction of sp³-hybridized carbons (Fsp3) is 0.500. The summed E-state index contributed by atoms with van der Waals surface area (Å²) in [5.74, 6) is -0.282. The molecule has 0 bridgehead atoms. The van der Waals surface area contributed by atoms with Gasteiger partial charge in [0.25, 0.3) is 0 Å². The van der Waals surface area contributed by atoms with Gasteiger partial charge in [-0.2, -0.15) is 5.26 Å². The Balaban J connectivity index is 1.94. The van der Waals surface area contributed by atoms with Crippen molar-refractivity contribution in [3.8, 4) is 6.07 Å². The molecule has 1 aliphatic carbocycles. The largest absolute Gasteiger partial charge is 0.312 e. The van der Waals surface area contributed by atoms with E-state index in [4.69, 9.17) is 5.26 Å². The van der Waals surface area contributed by atoms with E-state index < -0.39 is 0 Å². The third-order valence-electron chi connectivity index (χ3n) is 3.62. The molecule has 0 spiro atoms. The average molecular weight is 232 g/mol. The minimum atomic E-state index is -0.282. The molecule has 17 heavy (non-hydrogen) atoms. The highest BCUT2D eigenvalue weighted by atomic mass is 19.1. The molecule has 90 valence electrons. The number of nitrogens with zero attached hydrogens (tertiary/aromatic N) is 1. The lowest BCUT2D eigenvalue weighted by molar-refractivity contribution is 0.156. The van der Waals surface area contributed by atoms with Crippen molar-refractivity contribution in [1.29, 1.82) is 5.26 Å². The molecule has 1 aliphatic rings. The minimum Gasteiger partial charge on any atom is -0.312 e. The van der Waals surface area contributed by atoms with E-state index in [9.17, 15) is 4.39 Å². The topological polar surface area (TPSA) is 35.8 Å². The summed E-state index contributed by atoms with van der Waals surface area (Å²) in [5.41, 5.74) is 1.70. The van der Waals surface area contributed by atoms with E-state index in [1.54, 1.807) is 0 Å². The van der Waals surface area contributed by atoms with E-state index in [1.807, 2.05) is 0 Å². The first-order valence-corrected chi connectivity index (χ1v) is 6.02. The molecule has 0 atom stereocenters. The lowest BCUT2D eigenvalue weighted by Gasteiger charge is -2.38. The van der Waals surface area contributed by atoms with Gasteiger partial charge >= 0.3 is 0 Å². The zero-order valence-electron chi connectivity index (χ0n) is 10.1. The van der Waals surface area contributed by atoms with Crippen LogP contribution in [0.3, 0.4) is 0 Å². The SMILES string of the molecule is CC1(CNCc2cc(F)ccc2C#N)CCC1. The number of hydrogen-bond acceptors (Lipinski definition) is 2. The maximum absolute atomic E-state index is 13.1. The highest BCUT2D eigenvalue weighted by Crippen LogP contribution is 2.39. The number of benzene rings is 1. The molecule has 1 N–H and O–H groups in total. The number of rotatable bonds is 4. The molecule has 1 aromatic rings. The van der Waals surface area contributed by atoms with E-state index >= 15 is 0 Å². The minimum absolute atomic E-state index is 0.282. The summed E-state index contributed by atoms with van der Waals surface area (Å²) in [7, 11) is 0. The predicted octanol–water partition coefficient (Wildman–Crippen LogP) is 2.98. The Morgan fingerprint density at radius 2 is 2.24 bits per heavy atom. The molecule has 2 rings (SSSR count). The van der Waals surface area contributed by atoms with Gasteiger partial charge < -0.3 is 5.32 Å². The van der Waals surface area contributed by atoms with Gasteiger partial charge in [0.05, 0.1) is 11.6 Å². The molecule has 0 saturated heterocycles. The summed E-state index contributed by atoms with van der Waals surface area (Å²) in [5, 5.41) is 12.3. The van der Waals surface area contributed by atoms with E-state index in [1.165, 1.54) is 37.5 Å². The monoisotopic (exact) mass is 232 g/mol. The quantitative estimate of drug-likeness (QED) is 0.866. The fourth-order valence-corrected chi connectivity index (χ4v) is 2.27. The van der Waals surface area contributed by atoms with Crippen molar-refractivity contribution >= 4 is 0 Å². The molecule has 1 fully saturated rings. The first-order valence-electron chi connectivity index (χ1n) is 6.02. The Hall–Kier alpha value is -1.40. The molecule has 0 amide bonds. The molecule has 3 heteroatoms. The van der Waals surface area contributed by atoms with Gasteiger partial charge in [0.15, 0.2) is 0 Å². The molecule has 0 aromatic heterocycles. The normalized spacial score (nSPS) is 17.2. The van der Waals surface area contributed by atoms with Gasteiger partial charge in [-0.1, -0.05) is 13.3 Å². The van der Waals surface area contributed by atoms with Crippen LogP contribution in [0.2, 0.25) is 0 Å². The van der Waals surface area contributed by atoms with Crippen LogP contribution in [0.25, 0.3) is 0 Å². The van der Waals surface area contributed by atoms with Crippen molar-refractivity contribution in [3.05, 3.63) is 35.1 Å². The van der Waals surface area contributed by atoms with Gasteiger partial charge in [-0.05, 0) is 42.0 Å². The molecule has 0 aliphatic heterocycles. The Morgan fingerprint density at radius 3 is 2.82 bits per heavy atom. The Bertz CT molecular complexity index is 444. The molecule has 0 heterocycles. The van der Waals surface area contributed by atoms with Crippen molar-refractivity contribution in [2.24, 2.45) is 5.41 Å². The van der Waals surface area contributed by atoms with Crippen molar-refractivity contribution < 1.29 is 4.39 Å². The van der Waals surface area contributed by atoms with Gasteiger partial charge in [0.1, 0.15) is 5.82 Å². The molecule has 0 radical (unpaired) electrons. The second-order valence-corrected chi connectivity index (χ2v) is 5.18. The number of nitrogens with one attached hydrogen (secondary N) is 1. The van der Waals surface area contributed by atoms with Crippen LogP contribution in [0.15, 0.2) is 18.2 Å². The smallest absolute Gasteiger partial charge is 0.123 e. The van der Waals surface area contributed by atoms with Crippen LogP contribution >= 0.6 is 0 Å². The lowest BCUT2D eigenvalue weighted by Crippen LogP contribution is -2.37. The van der Waals surface area contributed by atoms with E-state index in [-0.39, 0.29) is 5.82 Å². The maximum Gasteiger partial charge on any atom is 0.123 e. The summed E-state index contributed by atoms with van der Waals surface area (Å²) in [6.07, 6.45) is 3.82. The second-order valence-electron chi connectivity index (χ2n) is 5.18. The van der Waals surface area contributed by atoms with Crippen LogP contribution < -0.4 is 5.32 Å². The van der Waals surface area contributed by atoms with Crippen LogP contribution in [-0.4, -0.2) is 6.54 Å².